The molecule has 2 aliphatic heterocycles. The van der Waals surface area contributed by atoms with Gasteiger partial charge >= 0.3 is 0 Å². The summed E-state index contributed by atoms with van der Waals surface area (Å²) in [6.45, 7) is 12.3. The fourth-order valence-corrected chi connectivity index (χ4v) is 6.25. The first-order valence-corrected chi connectivity index (χ1v) is 16.6. The molecule has 1 fully saturated rings. The van der Waals surface area contributed by atoms with E-state index in [4.69, 9.17) is 9.47 Å². The molecule has 2 amide bonds. The first-order chi connectivity index (χ1) is 23.0. The molecule has 258 valence electrons. The van der Waals surface area contributed by atoms with Crippen LogP contribution in [0.1, 0.15) is 84.5 Å². The number of hydrogen-bond donors (Lipinski definition) is 1. The number of fused-ring (bicyclic) bond motifs is 1. The Morgan fingerprint density at radius 1 is 0.854 bits per heavy atom. The van der Waals surface area contributed by atoms with E-state index in [-0.39, 0.29) is 17.4 Å². The molecule has 1 N–H and O–H groups in total. The van der Waals surface area contributed by atoms with E-state index in [1.54, 1.807) is 20.3 Å². The van der Waals surface area contributed by atoms with Crippen LogP contribution in [0.25, 0.3) is 0 Å². The molecule has 0 bridgehead atoms. The first-order valence-electron chi connectivity index (χ1n) is 16.6. The lowest BCUT2D eigenvalue weighted by Gasteiger charge is -2.39. The van der Waals surface area contributed by atoms with Crippen LogP contribution in [0.5, 0.6) is 11.5 Å². The van der Waals surface area contributed by atoms with Crippen LogP contribution in [0.15, 0.2) is 66.7 Å². The van der Waals surface area contributed by atoms with E-state index < -0.39 is 6.04 Å². The van der Waals surface area contributed by atoms with Gasteiger partial charge in [-0.15, -0.1) is 0 Å². The van der Waals surface area contributed by atoms with E-state index >= 15 is 0 Å². The summed E-state index contributed by atoms with van der Waals surface area (Å²) in [5.74, 6) is 0.705. The Morgan fingerprint density at radius 3 is 2.12 bits per heavy atom. The van der Waals surface area contributed by atoms with Gasteiger partial charge in [-0.1, -0.05) is 42.5 Å². The average Bonchev–Trinajstić information content (AvgIpc) is 3.35. The van der Waals surface area contributed by atoms with E-state index in [1.165, 1.54) is 10.5 Å². The van der Waals surface area contributed by atoms with E-state index in [2.05, 4.69) is 51.0 Å². The zero-order valence-corrected chi connectivity index (χ0v) is 29.3. The predicted molar refractivity (Wildman–Crippen MR) is 188 cm³/mol. The van der Waals surface area contributed by atoms with Crippen molar-refractivity contribution in [3.8, 4) is 11.5 Å². The third-order valence-electron chi connectivity index (χ3n) is 8.82. The number of anilines is 1. The fourth-order valence-electron chi connectivity index (χ4n) is 6.25. The second-order valence-corrected chi connectivity index (χ2v) is 13.0. The Bertz CT molecular complexity index is 1530. The summed E-state index contributed by atoms with van der Waals surface area (Å²) in [5.41, 5.74) is 3.67. The summed E-state index contributed by atoms with van der Waals surface area (Å²) in [7, 11) is 5.09. The summed E-state index contributed by atoms with van der Waals surface area (Å²) in [5, 5.41) is 3.18. The molecule has 3 aromatic carbocycles. The van der Waals surface area contributed by atoms with Crippen LogP contribution >= 0.6 is 0 Å². The molecule has 3 aromatic rings. The summed E-state index contributed by atoms with van der Waals surface area (Å²) in [6.07, 6.45) is 1.44. The minimum absolute atomic E-state index is 0.232. The maximum absolute atomic E-state index is 14.1. The third kappa shape index (κ3) is 8.54. The largest absolute Gasteiger partial charge is 0.493 e. The molecule has 2 aliphatic rings. The Balaban J connectivity index is 0.000000671. The van der Waals surface area contributed by atoms with E-state index in [1.807, 2.05) is 64.2 Å². The van der Waals surface area contributed by atoms with Gasteiger partial charge in [0.25, 0.3) is 18.3 Å². The van der Waals surface area contributed by atoms with Gasteiger partial charge in [-0.05, 0) is 89.5 Å². The van der Waals surface area contributed by atoms with Crippen molar-refractivity contribution in [2.45, 2.75) is 58.2 Å². The number of imide groups is 1. The standard InChI is InChI=1S/C33H40N4O4.C5H10O2/c1-23(24-10-6-5-7-11-24)35-18-20-36(21-19-35)28-13-8-12-26-31(28)33(39)37(32(26)38)27(14-9-17-34-2)25-15-16-29(40-3)30(22-25)41-4;1-5(2,3)7-4-6/h5-8,10-13,15-16,22-23,27,34H,9,14,17-21H2,1-4H3;4H,1-3H3/t23-,27?;/m1./s1. The molecular formula is C38H50N4O6. The number of methoxy groups -OCH3 is 2. The van der Waals surface area contributed by atoms with E-state index in [9.17, 15) is 14.4 Å². The number of carbonyl (C=O) groups excluding carboxylic acids is 3. The molecule has 0 radical (unpaired) electrons. The zero-order chi connectivity index (χ0) is 34.8. The Labute approximate surface area is 284 Å². The molecule has 0 aliphatic carbocycles. The monoisotopic (exact) mass is 658 g/mol. The molecule has 48 heavy (non-hydrogen) atoms. The second kappa shape index (κ2) is 16.6. The predicted octanol–water partition coefficient (Wildman–Crippen LogP) is 5.88. The second-order valence-electron chi connectivity index (χ2n) is 13.0. The van der Waals surface area contributed by atoms with Gasteiger partial charge in [-0.25, -0.2) is 0 Å². The van der Waals surface area contributed by atoms with Crippen molar-refractivity contribution in [1.29, 1.82) is 0 Å². The lowest BCUT2D eigenvalue weighted by atomic mass is 9.99. The molecule has 10 nitrogen and oxygen atoms in total. The van der Waals surface area contributed by atoms with Crippen molar-refractivity contribution in [3.05, 3.63) is 89.0 Å². The van der Waals surface area contributed by atoms with Gasteiger partial charge in [0.2, 0.25) is 0 Å². The Morgan fingerprint density at radius 2 is 1.54 bits per heavy atom. The molecule has 0 aromatic heterocycles. The van der Waals surface area contributed by atoms with Crippen molar-refractivity contribution < 1.29 is 28.6 Å². The number of amides is 2. The number of benzene rings is 3. The number of piperazine rings is 1. The highest BCUT2D eigenvalue weighted by atomic mass is 16.5. The van der Waals surface area contributed by atoms with Gasteiger partial charge in [0.15, 0.2) is 11.5 Å². The van der Waals surface area contributed by atoms with Crippen LogP contribution < -0.4 is 19.7 Å². The minimum atomic E-state index is -0.424. The molecule has 0 spiro atoms. The highest BCUT2D eigenvalue weighted by Gasteiger charge is 2.43. The number of nitrogens with zero attached hydrogens (tertiary/aromatic N) is 3. The van der Waals surface area contributed by atoms with E-state index in [0.717, 1.165) is 50.4 Å². The van der Waals surface area contributed by atoms with Crippen molar-refractivity contribution in [2.75, 3.05) is 58.9 Å². The quantitative estimate of drug-likeness (QED) is 0.145. The van der Waals surface area contributed by atoms with Crippen LogP contribution in [-0.2, 0) is 9.53 Å². The normalized spacial score (nSPS) is 16.1. The fraction of sp³-hybridized carbons (Fsp3) is 0.447. The molecule has 10 heteroatoms. The highest BCUT2D eigenvalue weighted by Crippen LogP contribution is 2.40. The Hall–Kier alpha value is -4.41. The first kappa shape index (κ1) is 36.4. The Kier molecular flexibility index (Phi) is 12.6. The lowest BCUT2D eigenvalue weighted by molar-refractivity contribution is -0.138. The summed E-state index contributed by atoms with van der Waals surface area (Å²) >= 11 is 0. The zero-order valence-electron chi connectivity index (χ0n) is 29.3. The third-order valence-corrected chi connectivity index (χ3v) is 8.82. The molecular weight excluding hydrogens is 608 g/mol. The summed E-state index contributed by atoms with van der Waals surface area (Å²) in [4.78, 5) is 43.8. The number of carbonyl (C=O) groups is 3. The highest BCUT2D eigenvalue weighted by molar-refractivity contribution is 6.24. The maximum atomic E-state index is 14.1. The van der Waals surface area contributed by atoms with Crippen molar-refractivity contribution in [3.63, 3.8) is 0 Å². The summed E-state index contributed by atoms with van der Waals surface area (Å²) < 4.78 is 15.5. The molecule has 1 saturated heterocycles. The van der Waals surface area contributed by atoms with E-state index in [0.29, 0.717) is 41.6 Å². The van der Waals surface area contributed by atoms with Crippen molar-refractivity contribution in [2.24, 2.45) is 0 Å². The molecule has 0 saturated carbocycles. The van der Waals surface area contributed by atoms with Gasteiger partial charge in [0.1, 0.15) is 5.60 Å². The maximum Gasteiger partial charge on any atom is 0.293 e. The minimum Gasteiger partial charge on any atom is -0.493 e. The van der Waals surface area contributed by atoms with Crippen LogP contribution in [-0.4, -0.2) is 87.7 Å². The van der Waals surface area contributed by atoms with Gasteiger partial charge in [0, 0.05) is 32.2 Å². The number of ether oxygens (including phenoxy) is 3. The van der Waals surface area contributed by atoms with Gasteiger partial charge in [0.05, 0.1) is 37.1 Å². The van der Waals surface area contributed by atoms with Crippen LogP contribution in [0.2, 0.25) is 0 Å². The van der Waals surface area contributed by atoms with Gasteiger partial charge in [-0.2, -0.15) is 0 Å². The van der Waals surface area contributed by atoms with Crippen molar-refractivity contribution in [1.82, 2.24) is 15.1 Å². The molecule has 2 heterocycles. The summed E-state index contributed by atoms with van der Waals surface area (Å²) in [6, 6.07) is 21.7. The van der Waals surface area contributed by atoms with Crippen LogP contribution in [0.3, 0.4) is 0 Å². The van der Waals surface area contributed by atoms with Crippen LogP contribution in [0.4, 0.5) is 5.69 Å². The number of rotatable bonds is 12. The topological polar surface area (TPSA) is 101 Å². The molecule has 5 rings (SSSR count). The molecule has 2 atom stereocenters. The number of hydrogen-bond acceptors (Lipinski definition) is 9. The lowest BCUT2D eigenvalue weighted by Crippen LogP contribution is -2.47. The SMILES string of the molecule is CC(C)(C)OC=O.CNCCCC(c1ccc(OC)c(OC)c1)N1C(=O)c2cccc(N3CCN([C@H](C)c4ccccc4)CC3)c2C1=O. The molecule has 1 unspecified atom stereocenters. The van der Waals surface area contributed by atoms with Gasteiger partial charge in [-0.3, -0.25) is 24.2 Å². The van der Waals surface area contributed by atoms with Gasteiger partial charge < -0.3 is 24.4 Å². The average molecular weight is 659 g/mol. The van der Waals surface area contributed by atoms with Crippen LogP contribution in [0, 0.1) is 0 Å². The van der Waals surface area contributed by atoms with Crippen molar-refractivity contribution >= 4 is 24.0 Å². The number of nitrogens with one attached hydrogen (secondary N) is 1. The smallest absolute Gasteiger partial charge is 0.293 e.